The fourth-order valence-corrected chi connectivity index (χ4v) is 5.49. The molecule has 1 atom stereocenters. The molecule has 206 valence electrons. The lowest BCUT2D eigenvalue weighted by atomic mass is 9.79. The number of rotatable bonds is 11. The van der Waals surface area contributed by atoms with Gasteiger partial charge in [0.2, 0.25) is 0 Å². The summed E-state index contributed by atoms with van der Waals surface area (Å²) in [4.78, 5) is 11.4. The average Bonchev–Trinajstić information content (AvgIpc) is 3.26. The zero-order chi connectivity index (χ0) is 28.2. The molecular formula is C33H36F2O4. The molecule has 0 spiro atoms. The number of carboxylic acid groups (broad SMARTS) is 1. The number of hydrogen-bond acceptors (Lipinski definition) is 3. The number of methoxy groups -OCH3 is 1. The minimum absolute atomic E-state index is 0.0546. The number of carboxylic acids is 1. The lowest BCUT2D eigenvalue weighted by Gasteiger charge is -2.26. The number of ether oxygens (including phenoxy) is 2. The molecule has 39 heavy (non-hydrogen) atoms. The fraction of sp³-hybridized carbons (Fsp3) is 0.364. The monoisotopic (exact) mass is 534 g/mol. The Kier molecular flexibility index (Phi) is 8.73. The van der Waals surface area contributed by atoms with E-state index in [0.717, 1.165) is 36.8 Å². The highest BCUT2D eigenvalue weighted by molar-refractivity contribution is 5.85. The van der Waals surface area contributed by atoms with Gasteiger partial charge in [0.15, 0.2) is 0 Å². The molecule has 1 aliphatic carbocycles. The minimum atomic E-state index is -0.834. The van der Waals surface area contributed by atoms with E-state index in [0.29, 0.717) is 22.6 Å². The van der Waals surface area contributed by atoms with Crippen molar-refractivity contribution in [3.05, 3.63) is 89.0 Å². The quantitative estimate of drug-likeness (QED) is 0.267. The average molecular weight is 535 g/mol. The van der Waals surface area contributed by atoms with E-state index in [1.165, 1.54) is 31.4 Å². The first-order valence-electron chi connectivity index (χ1n) is 13.4. The Balaban J connectivity index is 1.70. The maximum atomic E-state index is 15.9. The third kappa shape index (κ3) is 6.49. The standard InChI is InChI=1S/C33H36F2O4/c1-5-8-22(18-31(36)37)23-9-6-10-25(17-23)39-20-21-15-26(28-11-7-14-33(28,2)3)32(30(35)16-21)27-19-24(38-4)12-13-29(27)34/h6,9-13,15-17,19,22H,5,7-8,14,18,20H2,1-4H3,(H,36,37)/t22-/m0/s1. The summed E-state index contributed by atoms with van der Waals surface area (Å²) in [6.07, 6.45) is 5.59. The van der Waals surface area contributed by atoms with Gasteiger partial charge in [0, 0.05) is 11.1 Å². The van der Waals surface area contributed by atoms with E-state index >= 15 is 8.78 Å². The van der Waals surface area contributed by atoms with E-state index in [9.17, 15) is 9.90 Å². The molecule has 0 fully saturated rings. The van der Waals surface area contributed by atoms with Gasteiger partial charge in [0.25, 0.3) is 0 Å². The van der Waals surface area contributed by atoms with Crippen LogP contribution in [0.3, 0.4) is 0 Å². The van der Waals surface area contributed by atoms with Crippen LogP contribution in [0.15, 0.2) is 60.7 Å². The van der Waals surface area contributed by atoms with E-state index in [1.807, 2.05) is 37.3 Å². The van der Waals surface area contributed by atoms with Crippen LogP contribution in [0.4, 0.5) is 8.78 Å². The van der Waals surface area contributed by atoms with Crippen LogP contribution in [0, 0.1) is 17.0 Å². The molecule has 0 saturated heterocycles. The third-order valence-corrected chi connectivity index (χ3v) is 7.52. The summed E-state index contributed by atoms with van der Waals surface area (Å²) in [5.41, 5.74) is 3.35. The maximum Gasteiger partial charge on any atom is 0.303 e. The Morgan fingerprint density at radius 3 is 2.49 bits per heavy atom. The molecule has 3 aromatic carbocycles. The smallest absolute Gasteiger partial charge is 0.303 e. The minimum Gasteiger partial charge on any atom is -0.497 e. The molecule has 0 aromatic heterocycles. The maximum absolute atomic E-state index is 15.9. The van der Waals surface area contributed by atoms with Crippen LogP contribution in [-0.2, 0) is 11.4 Å². The van der Waals surface area contributed by atoms with Gasteiger partial charge in [-0.25, -0.2) is 8.78 Å². The van der Waals surface area contributed by atoms with E-state index in [4.69, 9.17) is 9.47 Å². The van der Waals surface area contributed by atoms with Crippen molar-refractivity contribution in [3.8, 4) is 22.6 Å². The molecule has 0 heterocycles. The number of halogens is 2. The summed E-state index contributed by atoms with van der Waals surface area (Å²) >= 11 is 0. The summed E-state index contributed by atoms with van der Waals surface area (Å²) in [6.45, 7) is 6.38. The Hall–Kier alpha value is -3.67. The first kappa shape index (κ1) is 28.3. The second-order valence-corrected chi connectivity index (χ2v) is 10.8. The highest BCUT2D eigenvalue weighted by Gasteiger charge is 2.32. The first-order valence-corrected chi connectivity index (χ1v) is 13.4. The lowest BCUT2D eigenvalue weighted by Crippen LogP contribution is -2.11. The molecule has 0 radical (unpaired) electrons. The third-order valence-electron chi connectivity index (χ3n) is 7.52. The van der Waals surface area contributed by atoms with Crippen molar-refractivity contribution in [3.63, 3.8) is 0 Å². The zero-order valence-electron chi connectivity index (χ0n) is 23.0. The van der Waals surface area contributed by atoms with Gasteiger partial charge in [-0.2, -0.15) is 0 Å². The molecule has 0 aliphatic heterocycles. The van der Waals surface area contributed by atoms with E-state index < -0.39 is 17.6 Å². The van der Waals surface area contributed by atoms with Crippen LogP contribution in [0.1, 0.15) is 75.5 Å². The summed E-state index contributed by atoms with van der Waals surface area (Å²) in [5, 5.41) is 9.32. The summed E-state index contributed by atoms with van der Waals surface area (Å²) in [5.74, 6) is -0.943. The topological polar surface area (TPSA) is 55.8 Å². The molecule has 6 heteroatoms. The summed E-state index contributed by atoms with van der Waals surface area (Å²) in [7, 11) is 1.50. The van der Waals surface area contributed by atoms with Crippen LogP contribution in [0.5, 0.6) is 11.5 Å². The summed E-state index contributed by atoms with van der Waals surface area (Å²) < 4.78 is 42.3. The molecule has 0 saturated carbocycles. The molecule has 4 rings (SSSR count). The predicted molar refractivity (Wildman–Crippen MR) is 150 cm³/mol. The largest absolute Gasteiger partial charge is 0.497 e. The lowest BCUT2D eigenvalue weighted by molar-refractivity contribution is -0.137. The predicted octanol–water partition coefficient (Wildman–Crippen LogP) is 8.78. The fourth-order valence-electron chi connectivity index (χ4n) is 5.49. The first-order chi connectivity index (χ1) is 18.6. The van der Waals surface area contributed by atoms with Crippen LogP contribution < -0.4 is 9.47 Å². The number of allylic oxidation sites excluding steroid dienone is 2. The van der Waals surface area contributed by atoms with Crippen molar-refractivity contribution in [1.82, 2.24) is 0 Å². The van der Waals surface area contributed by atoms with Crippen molar-refractivity contribution in [2.75, 3.05) is 7.11 Å². The van der Waals surface area contributed by atoms with E-state index in [-0.39, 0.29) is 35.5 Å². The van der Waals surface area contributed by atoms with Gasteiger partial charge < -0.3 is 14.6 Å². The molecule has 3 aromatic rings. The van der Waals surface area contributed by atoms with Gasteiger partial charge in [-0.1, -0.05) is 45.4 Å². The molecular weight excluding hydrogens is 498 g/mol. The van der Waals surface area contributed by atoms with Gasteiger partial charge >= 0.3 is 5.97 Å². The van der Waals surface area contributed by atoms with Crippen LogP contribution >= 0.6 is 0 Å². The van der Waals surface area contributed by atoms with Crippen molar-refractivity contribution < 1.29 is 28.2 Å². The van der Waals surface area contributed by atoms with Crippen LogP contribution in [0.25, 0.3) is 16.7 Å². The Morgan fingerprint density at radius 2 is 1.82 bits per heavy atom. The molecule has 0 amide bonds. The molecule has 0 bridgehead atoms. The van der Waals surface area contributed by atoms with Crippen molar-refractivity contribution in [1.29, 1.82) is 0 Å². The number of carbonyl (C=O) groups is 1. The number of hydrogen-bond donors (Lipinski definition) is 1. The van der Waals surface area contributed by atoms with Crippen molar-refractivity contribution in [2.24, 2.45) is 5.41 Å². The second-order valence-electron chi connectivity index (χ2n) is 10.8. The molecule has 1 N–H and O–H groups in total. The highest BCUT2D eigenvalue weighted by atomic mass is 19.1. The normalized spacial score (nSPS) is 15.1. The second kappa shape index (κ2) is 12.0. The number of aliphatic carboxylic acids is 1. The van der Waals surface area contributed by atoms with Crippen LogP contribution in [0.2, 0.25) is 0 Å². The highest BCUT2D eigenvalue weighted by Crippen LogP contribution is 2.48. The molecule has 0 unspecified atom stereocenters. The van der Waals surface area contributed by atoms with Crippen molar-refractivity contribution in [2.45, 2.75) is 65.4 Å². The Morgan fingerprint density at radius 1 is 1.03 bits per heavy atom. The zero-order valence-corrected chi connectivity index (χ0v) is 23.0. The van der Waals surface area contributed by atoms with Crippen molar-refractivity contribution >= 4 is 11.5 Å². The summed E-state index contributed by atoms with van der Waals surface area (Å²) in [6, 6.07) is 15.1. The van der Waals surface area contributed by atoms with Gasteiger partial charge in [0.05, 0.1) is 13.5 Å². The SMILES string of the molecule is CCC[C@@H](CC(=O)O)c1cccc(OCc2cc(F)c(-c3cc(OC)ccc3F)c(C3=CCCC3(C)C)c2)c1. The van der Waals surface area contributed by atoms with E-state index in [2.05, 4.69) is 19.9 Å². The Bertz CT molecular complexity index is 1380. The molecule has 4 nitrogen and oxygen atoms in total. The molecule has 1 aliphatic rings. The Labute approximate surface area is 229 Å². The number of benzene rings is 3. The van der Waals surface area contributed by atoms with Gasteiger partial charge in [0.1, 0.15) is 29.7 Å². The van der Waals surface area contributed by atoms with Crippen LogP contribution in [-0.4, -0.2) is 18.2 Å². The van der Waals surface area contributed by atoms with Gasteiger partial charge in [-0.15, -0.1) is 0 Å². The van der Waals surface area contributed by atoms with Gasteiger partial charge in [-0.05, 0) is 95.3 Å². The van der Waals surface area contributed by atoms with E-state index in [1.54, 1.807) is 0 Å². The van der Waals surface area contributed by atoms with Gasteiger partial charge in [-0.3, -0.25) is 4.79 Å².